The lowest BCUT2D eigenvalue weighted by Gasteiger charge is -2.12. The molecule has 0 aliphatic carbocycles. The van der Waals surface area contributed by atoms with Crippen molar-refractivity contribution >= 4 is 27.9 Å². The van der Waals surface area contributed by atoms with Gasteiger partial charge in [-0.25, -0.2) is 0 Å². The highest BCUT2D eigenvalue weighted by Crippen LogP contribution is 2.32. The summed E-state index contributed by atoms with van der Waals surface area (Å²) in [6, 6.07) is 5.09. The Bertz CT molecular complexity index is 479. The lowest BCUT2D eigenvalue weighted by Crippen LogP contribution is -2.15. The van der Waals surface area contributed by atoms with E-state index in [1.54, 1.807) is 31.5 Å². The summed E-state index contributed by atoms with van der Waals surface area (Å²) in [6.45, 7) is 2.45. The first-order chi connectivity index (χ1) is 8.97. The minimum absolute atomic E-state index is 0.0373. The van der Waals surface area contributed by atoms with Gasteiger partial charge in [0, 0.05) is 35.9 Å². The largest absolute Gasteiger partial charge is 0.382 e. The quantitative estimate of drug-likeness (QED) is 0.592. The summed E-state index contributed by atoms with van der Waals surface area (Å²) in [7, 11) is 0.773. The summed E-state index contributed by atoms with van der Waals surface area (Å²) in [6.07, 6.45) is 2.36. The fourth-order valence-electron chi connectivity index (χ4n) is 1.66. The second-order valence-corrected chi connectivity index (χ2v) is 6.04. The molecule has 0 aliphatic heterocycles. The van der Waals surface area contributed by atoms with Gasteiger partial charge in [-0.2, -0.15) is 0 Å². The Balaban J connectivity index is 2.78. The number of para-hydroxylation sites is 1. The van der Waals surface area contributed by atoms with Crippen molar-refractivity contribution in [3.63, 3.8) is 0 Å². The lowest BCUT2D eigenvalue weighted by atomic mass is 10.2. The third-order valence-corrected chi connectivity index (χ3v) is 4.29. The maximum Gasteiger partial charge on any atom is 0.315 e. The summed E-state index contributed by atoms with van der Waals surface area (Å²) < 4.78 is 11.2. The third kappa shape index (κ3) is 4.20. The molecular formula is C12H19N3O3S. The van der Waals surface area contributed by atoms with E-state index in [1.807, 2.05) is 6.92 Å². The fraction of sp³-hybridized carbons (Fsp3) is 0.500. The highest BCUT2D eigenvalue weighted by molar-refractivity contribution is 7.84. The number of nitro groups is 1. The fourth-order valence-corrected chi connectivity index (χ4v) is 2.11. The summed E-state index contributed by atoms with van der Waals surface area (Å²) in [5.74, 6) is 0. The van der Waals surface area contributed by atoms with Crippen LogP contribution in [0.2, 0.25) is 0 Å². The molecular weight excluding hydrogens is 266 g/mol. The molecule has 0 heterocycles. The van der Waals surface area contributed by atoms with E-state index in [1.165, 1.54) is 0 Å². The van der Waals surface area contributed by atoms with Crippen molar-refractivity contribution in [1.29, 1.82) is 0 Å². The second-order valence-electron chi connectivity index (χ2n) is 4.23. The number of rotatable bonds is 7. The number of nitrogens with one attached hydrogen (secondary N) is 2. The zero-order chi connectivity index (χ0) is 14.4. The third-order valence-electron chi connectivity index (χ3n) is 2.92. The maximum atomic E-state index is 11.2. The lowest BCUT2D eigenvalue weighted by molar-refractivity contribution is -0.383. The van der Waals surface area contributed by atoms with E-state index < -0.39 is 15.7 Å². The molecule has 0 saturated heterocycles. The van der Waals surface area contributed by atoms with Crippen LogP contribution in [0, 0.1) is 10.1 Å². The van der Waals surface area contributed by atoms with Crippen molar-refractivity contribution in [3.8, 4) is 0 Å². The Kier molecular flexibility index (Phi) is 5.75. The molecule has 0 aromatic heterocycles. The molecule has 106 valence electrons. The van der Waals surface area contributed by atoms with Crippen LogP contribution in [0.4, 0.5) is 17.1 Å². The van der Waals surface area contributed by atoms with Gasteiger partial charge in [0.05, 0.1) is 4.92 Å². The van der Waals surface area contributed by atoms with Crippen LogP contribution in [0.15, 0.2) is 18.2 Å². The van der Waals surface area contributed by atoms with Crippen molar-refractivity contribution in [3.05, 3.63) is 28.3 Å². The zero-order valence-electron chi connectivity index (χ0n) is 11.3. The van der Waals surface area contributed by atoms with Crippen LogP contribution in [-0.2, 0) is 10.8 Å². The van der Waals surface area contributed by atoms with Gasteiger partial charge in [-0.15, -0.1) is 0 Å². The van der Waals surface area contributed by atoms with Gasteiger partial charge >= 0.3 is 5.69 Å². The van der Waals surface area contributed by atoms with Crippen LogP contribution in [0.1, 0.15) is 13.3 Å². The zero-order valence-corrected chi connectivity index (χ0v) is 12.1. The van der Waals surface area contributed by atoms with E-state index in [0.717, 1.165) is 0 Å². The molecule has 2 atom stereocenters. The average Bonchev–Trinajstić information content (AvgIpc) is 2.37. The standard InChI is InChI=1S/C12H19N3O3S/c1-9(19(3)18)7-8-14-11-6-4-5-10(13-2)12(11)15(16)17/h4-6,9,13-14H,7-8H2,1-3H3. The Morgan fingerprint density at radius 2 is 2.05 bits per heavy atom. The van der Waals surface area contributed by atoms with Crippen molar-refractivity contribution in [2.24, 2.45) is 0 Å². The first-order valence-corrected chi connectivity index (χ1v) is 7.60. The average molecular weight is 285 g/mol. The molecule has 0 aliphatic rings. The predicted octanol–water partition coefficient (Wildman–Crippen LogP) is 2.21. The molecule has 0 spiro atoms. The molecule has 0 fully saturated rings. The van der Waals surface area contributed by atoms with Gasteiger partial charge in [0.1, 0.15) is 11.4 Å². The highest BCUT2D eigenvalue weighted by Gasteiger charge is 2.18. The normalized spacial score (nSPS) is 13.6. The van der Waals surface area contributed by atoms with Gasteiger partial charge in [0.25, 0.3) is 0 Å². The summed E-state index contributed by atoms with van der Waals surface area (Å²) >= 11 is 0. The minimum atomic E-state index is -0.875. The summed E-state index contributed by atoms with van der Waals surface area (Å²) in [5.41, 5.74) is 0.989. The number of nitrogens with zero attached hydrogens (tertiary/aromatic N) is 1. The minimum Gasteiger partial charge on any atom is -0.382 e. The van der Waals surface area contributed by atoms with Crippen LogP contribution in [0.25, 0.3) is 0 Å². The van der Waals surface area contributed by atoms with E-state index >= 15 is 0 Å². The molecule has 7 heteroatoms. The molecule has 1 aromatic carbocycles. The molecule has 0 bridgehead atoms. The summed E-state index contributed by atoms with van der Waals surface area (Å²) in [4.78, 5) is 10.7. The van der Waals surface area contributed by atoms with Gasteiger partial charge in [0.2, 0.25) is 0 Å². The smallest absolute Gasteiger partial charge is 0.315 e. The van der Waals surface area contributed by atoms with Crippen molar-refractivity contribution in [1.82, 2.24) is 0 Å². The van der Waals surface area contributed by atoms with Gasteiger partial charge < -0.3 is 10.6 Å². The number of nitro benzene ring substituents is 1. The number of hydrogen-bond donors (Lipinski definition) is 2. The second kappa shape index (κ2) is 7.08. The van der Waals surface area contributed by atoms with Crippen LogP contribution in [0.3, 0.4) is 0 Å². The van der Waals surface area contributed by atoms with Crippen LogP contribution in [-0.4, -0.2) is 34.2 Å². The monoisotopic (exact) mass is 285 g/mol. The van der Waals surface area contributed by atoms with E-state index in [9.17, 15) is 14.3 Å². The van der Waals surface area contributed by atoms with E-state index in [2.05, 4.69) is 10.6 Å². The molecule has 1 rings (SSSR count). The molecule has 19 heavy (non-hydrogen) atoms. The highest BCUT2D eigenvalue weighted by atomic mass is 32.2. The molecule has 1 aromatic rings. The molecule has 0 radical (unpaired) electrons. The number of benzene rings is 1. The Morgan fingerprint density at radius 1 is 1.42 bits per heavy atom. The molecule has 6 nitrogen and oxygen atoms in total. The van der Waals surface area contributed by atoms with Crippen molar-refractivity contribution in [2.45, 2.75) is 18.6 Å². The molecule has 2 unspecified atom stereocenters. The Morgan fingerprint density at radius 3 is 2.58 bits per heavy atom. The SMILES string of the molecule is CNc1cccc(NCCC(C)S(C)=O)c1[N+](=O)[O-]. The number of hydrogen-bond acceptors (Lipinski definition) is 5. The molecule has 2 N–H and O–H groups in total. The van der Waals surface area contributed by atoms with Gasteiger partial charge in [-0.05, 0) is 18.6 Å². The number of anilines is 2. The van der Waals surface area contributed by atoms with Gasteiger partial charge in [-0.1, -0.05) is 13.0 Å². The Labute approximate surface area is 115 Å². The van der Waals surface area contributed by atoms with Crippen LogP contribution in [0.5, 0.6) is 0 Å². The van der Waals surface area contributed by atoms with Crippen molar-refractivity contribution in [2.75, 3.05) is 30.5 Å². The van der Waals surface area contributed by atoms with Crippen LogP contribution < -0.4 is 10.6 Å². The first kappa shape index (κ1) is 15.4. The maximum absolute atomic E-state index is 11.2. The van der Waals surface area contributed by atoms with E-state index in [-0.39, 0.29) is 10.9 Å². The van der Waals surface area contributed by atoms with E-state index in [0.29, 0.717) is 24.3 Å². The molecule has 0 saturated carbocycles. The first-order valence-electron chi connectivity index (χ1n) is 5.98. The topological polar surface area (TPSA) is 84.3 Å². The van der Waals surface area contributed by atoms with Crippen molar-refractivity contribution < 1.29 is 9.13 Å². The van der Waals surface area contributed by atoms with Crippen LogP contribution >= 0.6 is 0 Å². The van der Waals surface area contributed by atoms with Gasteiger partial charge in [-0.3, -0.25) is 14.3 Å². The molecule has 0 amide bonds. The Hall–Kier alpha value is -1.63. The predicted molar refractivity (Wildman–Crippen MR) is 79.3 cm³/mol. The van der Waals surface area contributed by atoms with E-state index in [4.69, 9.17) is 0 Å². The summed E-state index contributed by atoms with van der Waals surface area (Å²) in [5, 5.41) is 17.0. The van der Waals surface area contributed by atoms with Gasteiger partial charge in [0.15, 0.2) is 0 Å².